The smallest absolute Gasteiger partial charge is 0.218 e. The van der Waals surface area contributed by atoms with E-state index in [0.29, 0.717) is 11.8 Å². The van der Waals surface area contributed by atoms with Gasteiger partial charge in [-0.3, -0.25) is 5.10 Å². The summed E-state index contributed by atoms with van der Waals surface area (Å²) >= 11 is 0. The van der Waals surface area contributed by atoms with E-state index in [0.717, 1.165) is 34.6 Å². The van der Waals surface area contributed by atoms with Crippen LogP contribution in [0.4, 0.5) is 0 Å². The van der Waals surface area contributed by atoms with Crippen molar-refractivity contribution < 1.29 is 4.42 Å². The van der Waals surface area contributed by atoms with Crippen LogP contribution in [0.5, 0.6) is 0 Å². The first-order valence-corrected chi connectivity index (χ1v) is 11.8. The molecule has 0 saturated carbocycles. The van der Waals surface area contributed by atoms with Gasteiger partial charge in [-0.15, -0.1) is 10.2 Å². The fourth-order valence-corrected chi connectivity index (χ4v) is 6.67. The predicted octanol–water partition coefficient (Wildman–Crippen LogP) is 1.31. The molecule has 2 aliphatic heterocycles. The van der Waals surface area contributed by atoms with Gasteiger partial charge in [0.2, 0.25) is 5.89 Å². The summed E-state index contributed by atoms with van der Waals surface area (Å²) in [6.07, 6.45) is 1.13. The summed E-state index contributed by atoms with van der Waals surface area (Å²) in [4.78, 5) is 4.67. The van der Waals surface area contributed by atoms with Gasteiger partial charge in [0.15, 0.2) is 14.3 Å². The van der Waals surface area contributed by atoms with Crippen LogP contribution in [-0.4, -0.2) is 43.0 Å². The zero-order chi connectivity index (χ0) is 15.3. The third-order valence-corrected chi connectivity index (χ3v) is 8.88. The van der Waals surface area contributed by atoms with E-state index in [2.05, 4.69) is 46.1 Å². The molecule has 2 radical (unpaired) electrons. The number of aromatic amines is 1. The van der Waals surface area contributed by atoms with Crippen LogP contribution >= 0.6 is 0 Å². The average molecular weight is 332 g/mol. The summed E-state index contributed by atoms with van der Waals surface area (Å²) in [6, 6.07) is 3.89. The van der Waals surface area contributed by atoms with E-state index in [4.69, 9.17) is 4.42 Å². The molecule has 0 spiro atoms. The van der Waals surface area contributed by atoms with E-state index in [1.165, 1.54) is 18.1 Å². The minimum absolute atomic E-state index is 0.360. The van der Waals surface area contributed by atoms with Gasteiger partial charge in [-0.2, -0.15) is 5.10 Å². The summed E-state index contributed by atoms with van der Waals surface area (Å²) in [5.74, 6) is 2.63. The lowest BCUT2D eigenvalue weighted by molar-refractivity contribution is 0.465. The van der Waals surface area contributed by atoms with Gasteiger partial charge >= 0.3 is 0 Å². The molecule has 4 rings (SSSR count). The maximum Gasteiger partial charge on any atom is 0.218 e. The molecule has 2 aromatic rings. The highest BCUT2D eigenvalue weighted by Crippen LogP contribution is 2.43. The topological polar surface area (TPSA) is 80.5 Å². The summed E-state index contributed by atoms with van der Waals surface area (Å²) in [5.41, 5.74) is 2.78. The molecule has 2 saturated heterocycles. The van der Waals surface area contributed by atoms with Crippen LogP contribution in [0, 0.1) is 0 Å². The second kappa shape index (κ2) is 5.41. The van der Waals surface area contributed by atoms with Gasteiger partial charge in [0.05, 0.1) is 0 Å². The van der Waals surface area contributed by atoms with Crippen molar-refractivity contribution in [2.75, 3.05) is 0 Å². The summed E-state index contributed by atoms with van der Waals surface area (Å²) in [5, 5.41) is 16.0. The van der Waals surface area contributed by atoms with Gasteiger partial charge in [0.1, 0.15) is 20.1 Å². The molecule has 2 fully saturated rings. The van der Waals surface area contributed by atoms with Crippen molar-refractivity contribution in [1.29, 1.82) is 0 Å². The second-order valence-corrected chi connectivity index (χ2v) is 12.2. The van der Waals surface area contributed by atoms with Crippen molar-refractivity contribution in [3.63, 3.8) is 0 Å². The third kappa shape index (κ3) is 2.81. The van der Waals surface area contributed by atoms with Crippen LogP contribution < -0.4 is 11.0 Å². The molecule has 2 aliphatic rings. The van der Waals surface area contributed by atoms with Crippen molar-refractivity contribution in [3.8, 4) is 0 Å². The average Bonchev–Trinajstić information content (AvgIpc) is 3.37. The highest BCUT2D eigenvalue weighted by atomic mass is 28.3. The molecule has 2 atom stereocenters. The van der Waals surface area contributed by atoms with Crippen LogP contribution in [0.25, 0.3) is 0 Å². The molecule has 4 heterocycles. The Balaban J connectivity index is 1.35. The quantitative estimate of drug-likeness (QED) is 0.807. The second-order valence-electron chi connectivity index (χ2n) is 6.81. The lowest BCUT2D eigenvalue weighted by Gasteiger charge is -2.04. The number of aromatic nitrogens is 5. The zero-order valence-electron chi connectivity index (χ0n) is 13.3. The molecule has 1 N–H and O–H groups in total. The first-order valence-electron chi connectivity index (χ1n) is 8.08. The van der Waals surface area contributed by atoms with E-state index in [1.54, 1.807) is 0 Å². The van der Waals surface area contributed by atoms with Crippen LogP contribution in [-0.2, 0) is 0 Å². The molecular formula is C14H21N5OSi2. The molecule has 8 heteroatoms. The summed E-state index contributed by atoms with van der Waals surface area (Å²) in [7, 11) is -0.952. The number of nitrogens with one attached hydrogen (secondary N) is 1. The molecule has 2 unspecified atom stereocenters. The SMILES string of the molecule is CC(C)c1nc([Si]2CC2CC(C)c2nnc([Si]3CC3)o2)n[nH]1. The number of hydrogen-bond donors (Lipinski definition) is 1. The van der Waals surface area contributed by atoms with E-state index in [-0.39, 0.29) is 0 Å². The normalized spacial score (nSPS) is 23.2. The highest BCUT2D eigenvalue weighted by molar-refractivity contribution is 6.83. The molecular weight excluding hydrogens is 310 g/mol. The Hall–Kier alpha value is -1.29. The van der Waals surface area contributed by atoms with Crippen LogP contribution in [0.2, 0.25) is 23.7 Å². The standard InChI is InChI=1S/C14H21N5OSi2/c1-8(2)11-15-13(18-16-11)22-7-10(22)6-9(3)12-17-19-14(20-12)21-4-5-21/h8-10H,4-7H2,1-3H3,(H,15,16,18). The van der Waals surface area contributed by atoms with E-state index < -0.39 is 17.6 Å². The molecule has 0 aromatic carbocycles. The summed E-state index contributed by atoms with van der Waals surface area (Å²) < 4.78 is 5.87. The molecule has 0 amide bonds. The maximum absolute atomic E-state index is 5.87. The van der Waals surface area contributed by atoms with Gasteiger partial charge in [-0.05, 0) is 12.0 Å². The van der Waals surface area contributed by atoms with Gasteiger partial charge in [0, 0.05) is 11.8 Å². The first-order chi connectivity index (χ1) is 10.6. The molecule has 22 heavy (non-hydrogen) atoms. The Morgan fingerprint density at radius 3 is 2.77 bits per heavy atom. The largest absolute Gasteiger partial charge is 0.430 e. The lowest BCUT2D eigenvalue weighted by atomic mass is 10.1. The first kappa shape index (κ1) is 14.3. The van der Waals surface area contributed by atoms with Crippen molar-refractivity contribution in [1.82, 2.24) is 25.4 Å². The highest BCUT2D eigenvalue weighted by Gasteiger charge is 2.45. The van der Waals surface area contributed by atoms with Crippen molar-refractivity contribution >= 4 is 28.6 Å². The van der Waals surface area contributed by atoms with Gasteiger partial charge in [-0.25, -0.2) is 4.98 Å². The minimum Gasteiger partial charge on any atom is -0.430 e. The van der Waals surface area contributed by atoms with Crippen molar-refractivity contribution in [2.24, 2.45) is 0 Å². The predicted molar refractivity (Wildman–Crippen MR) is 86.7 cm³/mol. The van der Waals surface area contributed by atoms with Crippen molar-refractivity contribution in [3.05, 3.63) is 11.7 Å². The van der Waals surface area contributed by atoms with Gasteiger partial charge in [0.25, 0.3) is 0 Å². The number of hydrogen-bond acceptors (Lipinski definition) is 5. The Morgan fingerprint density at radius 2 is 2.09 bits per heavy atom. The molecule has 6 nitrogen and oxygen atoms in total. The zero-order valence-corrected chi connectivity index (χ0v) is 15.3. The third-order valence-electron chi connectivity index (χ3n) is 4.44. The van der Waals surface area contributed by atoms with Crippen LogP contribution in [0.3, 0.4) is 0 Å². The van der Waals surface area contributed by atoms with E-state index in [9.17, 15) is 0 Å². The molecule has 2 aromatic heterocycles. The van der Waals surface area contributed by atoms with Gasteiger partial charge in [-0.1, -0.05) is 38.9 Å². The molecule has 116 valence electrons. The Morgan fingerprint density at radius 1 is 1.27 bits per heavy atom. The lowest BCUT2D eigenvalue weighted by Crippen LogP contribution is -2.21. The van der Waals surface area contributed by atoms with Crippen LogP contribution in [0.15, 0.2) is 4.42 Å². The Labute approximate surface area is 133 Å². The summed E-state index contributed by atoms with van der Waals surface area (Å²) in [6.45, 7) is 6.49. The fourth-order valence-electron chi connectivity index (χ4n) is 2.76. The monoisotopic (exact) mass is 331 g/mol. The maximum atomic E-state index is 5.87. The Bertz CT molecular complexity index is 666. The fraction of sp³-hybridized carbons (Fsp3) is 0.714. The number of H-pyrrole nitrogens is 1. The molecule has 0 aliphatic carbocycles. The van der Waals surface area contributed by atoms with E-state index >= 15 is 0 Å². The number of nitrogens with zero attached hydrogens (tertiary/aromatic N) is 4. The Kier molecular flexibility index (Phi) is 3.52. The van der Waals surface area contributed by atoms with Crippen LogP contribution in [0.1, 0.15) is 50.7 Å². The molecule has 0 bridgehead atoms. The van der Waals surface area contributed by atoms with E-state index in [1.807, 2.05) is 0 Å². The number of rotatable bonds is 6. The van der Waals surface area contributed by atoms with Gasteiger partial charge < -0.3 is 4.42 Å². The minimum atomic E-state index is -0.549. The van der Waals surface area contributed by atoms with Crippen molar-refractivity contribution in [2.45, 2.75) is 62.7 Å².